The van der Waals surface area contributed by atoms with Crippen molar-refractivity contribution in [2.75, 3.05) is 30.1 Å². The Kier molecular flexibility index (Phi) is 11.8. The van der Waals surface area contributed by atoms with Crippen molar-refractivity contribution in [1.29, 1.82) is 0 Å². The van der Waals surface area contributed by atoms with Gasteiger partial charge in [-0.15, -0.1) is 0 Å². The van der Waals surface area contributed by atoms with Crippen LogP contribution >= 0.6 is 15.9 Å². The average Bonchev–Trinajstić information content (AvgIpc) is 3.67. The van der Waals surface area contributed by atoms with Crippen LogP contribution in [-0.4, -0.2) is 62.2 Å². The van der Waals surface area contributed by atoms with E-state index in [0.717, 1.165) is 37.8 Å². The number of ether oxygens (including phenoxy) is 3. The van der Waals surface area contributed by atoms with Gasteiger partial charge in [0.1, 0.15) is 11.5 Å². The van der Waals surface area contributed by atoms with Crippen molar-refractivity contribution in [3.05, 3.63) is 172 Å². The van der Waals surface area contributed by atoms with Crippen LogP contribution in [0.25, 0.3) is 0 Å². The van der Waals surface area contributed by atoms with Crippen molar-refractivity contribution in [2.45, 2.75) is 56.8 Å². The molecule has 0 aliphatic carbocycles. The summed E-state index contributed by atoms with van der Waals surface area (Å²) in [5, 5.41) is 11.3. The smallest absolute Gasteiger partial charge is 0.266 e. The molecular formula is C52H50BrN3O7Si. The lowest BCUT2D eigenvalue weighted by Crippen LogP contribution is -2.52. The SMILES string of the molecule is COc1ccc([Si](C)(C)[C@H]2[C@H](CC(=O)N(CCO)Cc3ccccc3)O[C@@]3(C(=O)N(Cc4ccc(N5C(=O)c6ccccc6Oc6ccccc65)cc4)c4ccc(Br)cc43)[C@@H]2C)cc1. The highest BCUT2D eigenvalue weighted by atomic mass is 79.9. The largest absolute Gasteiger partial charge is 0.497 e. The second-order valence-electron chi connectivity index (χ2n) is 17.3. The quantitative estimate of drug-likeness (QED) is 0.122. The van der Waals surface area contributed by atoms with Crippen LogP contribution in [0.15, 0.2) is 150 Å². The number of nitrogens with zero attached hydrogens (tertiary/aromatic N) is 3. The van der Waals surface area contributed by atoms with E-state index >= 15 is 4.79 Å². The van der Waals surface area contributed by atoms with Gasteiger partial charge in [-0.05, 0) is 83.4 Å². The van der Waals surface area contributed by atoms with Crippen LogP contribution in [0.4, 0.5) is 17.1 Å². The highest BCUT2D eigenvalue weighted by molar-refractivity contribution is 9.10. The molecule has 1 spiro atoms. The van der Waals surface area contributed by atoms with E-state index in [1.54, 1.807) is 33.9 Å². The van der Waals surface area contributed by atoms with E-state index in [2.05, 4.69) is 48.1 Å². The predicted octanol–water partition coefficient (Wildman–Crippen LogP) is 9.72. The molecule has 12 heteroatoms. The summed E-state index contributed by atoms with van der Waals surface area (Å²) in [6, 6.07) is 46.2. The van der Waals surface area contributed by atoms with Gasteiger partial charge in [-0.25, -0.2) is 0 Å². The number of amides is 3. The molecular weight excluding hydrogens is 887 g/mol. The molecule has 9 rings (SSSR count). The number of fused-ring (bicyclic) bond motifs is 4. The minimum absolute atomic E-state index is 0.0438. The van der Waals surface area contributed by atoms with Crippen LogP contribution in [0.2, 0.25) is 18.6 Å². The molecule has 0 bridgehead atoms. The Morgan fingerprint density at radius 3 is 2.23 bits per heavy atom. The van der Waals surface area contributed by atoms with Gasteiger partial charge >= 0.3 is 0 Å². The molecule has 3 aliphatic heterocycles. The summed E-state index contributed by atoms with van der Waals surface area (Å²) in [5.74, 6) is 0.950. The molecule has 0 radical (unpaired) electrons. The fourth-order valence-electron chi connectivity index (χ4n) is 10.2. The van der Waals surface area contributed by atoms with Crippen molar-refractivity contribution in [2.24, 2.45) is 5.92 Å². The average molecular weight is 937 g/mol. The van der Waals surface area contributed by atoms with Crippen molar-refractivity contribution in [1.82, 2.24) is 4.90 Å². The summed E-state index contributed by atoms with van der Waals surface area (Å²) in [4.78, 5) is 49.4. The first kappa shape index (κ1) is 43.2. The maximum atomic E-state index is 15.6. The van der Waals surface area contributed by atoms with Crippen LogP contribution < -0.4 is 24.5 Å². The first-order valence-electron chi connectivity index (χ1n) is 21.6. The number of rotatable bonds is 12. The van der Waals surface area contributed by atoms with Crippen LogP contribution in [-0.2, 0) is 33.0 Å². The third-order valence-corrected chi connectivity index (χ3v) is 18.1. The number of carbonyl (C=O) groups is 3. The zero-order valence-electron chi connectivity index (χ0n) is 36.2. The minimum atomic E-state index is -2.56. The summed E-state index contributed by atoms with van der Waals surface area (Å²) < 4.78 is 19.9. The number of halogens is 1. The van der Waals surface area contributed by atoms with E-state index in [9.17, 15) is 14.7 Å². The second-order valence-corrected chi connectivity index (χ2v) is 22.9. The number of hydrogen-bond donors (Lipinski definition) is 1. The van der Waals surface area contributed by atoms with Crippen molar-refractivity contribution >= 4 is 64.0 Å². The Bertz CT molecular complexity index is 2720. The maximum Gasteiger partial charge on any atom is 0.266 e. The van der Waals surface area contributed by atoms with Crippen molar-refractivity contribution < 1.29 is 33.7 Å². The second kappa shape index (κ2) is 17.5. The summed E-state index contributed by atoms with van der Waals surface area (Å²) in [6.07, 6.45) is -0.566. The van der Waals surface area contributed by atoms with E-state index in [4.69, 9.17) is 14.2 Å². The maximum absolute atomic E-state index is 15.6. The molecule has 6 aromatic rings. The van der Waals surface area contributed by atoms with Gasteiger partial charge in [0.15, 0.2) is 11.4 Å². The monoisotopic (exact) mass is 935 g/mol. The fraction of sp³-hybridized carbons (Fsp3) is 0.250. The molecule has 3 amide bonds. The zero-order valence-corrected chi connectivity index (χ0v) is 38.8. The molecule has 4 atom stereocenters. The zero-order chi connectivity index (χ0) is 44.8. The van der Waals surface area contributed by atoms with Gasteiger partial charge in [0.25, 0.3) is 11.8 Å². The highest BCUT2D eigenvalue weighted by Crippen LogP contribution is 2.60. The third kappa shape index (κ3) is 7.61. The molecule has 1 saturated heterocycles. The lowest BCUT2D eigenvalue weighted by atomic mass is 9.82. The molecule has 326 valence electrons. The number of aliphatic hydroxyl groups excluding tert-OH is 1. The number of aliphatic hydroxyl groups is 1. The molecule has 3 aliphatic rings. The topological polar surface area (TPSA) is 109 Å². The van der Waals surface area contributed by atoms with E-state index < -0.39 is 19.8 Å². The number of anilines is 3. The summed E-state index contributed by atoms with van der Waals surface area (Å²) in [6.45, 7) is 7.29. The van der Waals surface area contributed by atoms with Gasteiger partial charge in [0.2, 0.25) is 5.91 Å². The van der Waals surface area contributed by atoms with Gasteiger partial charge < -0.3 is 29.1 Å². The van der Waals surface area contributed by atoms with Crippen LogP contribution in [0.3, 0.4) is 0 Å². The first-order valence-corrected chi connectivity index (χ1v) is 25.5. The molecule has 64 heavy (non-hydrogen) atoms. The van der Waals surface area contributed by atoms with E-state index in [-0.39, 0.29) is 55.3 Å². The molecule has 0 unspecified atom stereocenters. The molecule has 6 aromatic carbocycles. The van der Waals surface area contributed by atoms with Crippen molar-refractivity contribution in [3.8, 4) is 17.2 Å². The molecule has 0 saturated carbocycles. The normalized spacial score (nSPS) is 20.1. The Hall–Kier alpha value is -6.05. The van der Waals surface area contributed by atoms with Gasteiger partial charge in [-0.1, -0.05) is 120 Å². The fourth-order valence-corrected chi connectivity index (χ4v) is 14.5. The number of benzene rings is 6. The minimum Gasteiger partial charge on any atom is -0.497 e. The number of carbonyl (C=O) groups excluding carboxylic acids is 3. The molecule has 1 fully saturated rings. The Balaban J connectivity index is 1.06. The lowest BCUT2D eigenvalue weighted by Gasteiger charge is -2.37. The Morgan fingerprint density at radius 1 is 0.828 bits per heavy atom. The van der Waals surface area contributed by atoms with Crippen LogP contribution in [0.5, 0.6) is 17.2 Å². The van der Waals surface area contributed by atoms with Crippen LogP contribution in [0.1, 0.15) is 40.4 Å². The van der Waals surface area contributed by atoms with E-state index in [0.29, 0.717) is 35.0 Å². The third-order valence-electron chi connectivity index (χ3n) is 13.3. The van der Waals surface area contributed by atoms with Crippen LogP contribution in [0, 0.1) is 5.92 Å². The van der Waals surface area contributed by atoms with E-state index in [1.165, 1.54) is 0 Å². The van der Waals surface area contributed by atoms with Gasteiger partial charge in [-0.2, -0.15) is 0 Å². The number of hydrogen-bond acceptors (Lipinski definition) is 7. The Morgan fingerprint density at radius 2 is 1.52 bits per heavy atom. The van der Waals surface area contributed by atoms with E-state index in [1.807, 2.05) is 121 Å². The number of para-hydroxylation sites is 3. The van der Waals surface area contributed by atoms with Gasteiger partial charge in [0, 0.05) is 34.7 Å². The predicted molar refractivity (Wildman–Crippen MR) is 254 cm³/mol. The summed E-state index contributed by atoms with van der Waals surface area (Å²) in [5.41, 5.74) is 3.51. The Labute approximate surface area is 383 Å². The summed E-state index contributed by atoms with van der Waals surface area (Å²) in [7, 11) is -0.912. The van der Waals surface area contributed by atoms with Gasteiger partial charge in [-0.3, -0.25) is 19.3 Å². The van der Waals surface area contributed by atoms with Gasteiger partial charge in [0.05, 0.1) is 57.8 Å². The molecule has 10 nitrogen and oxygen atoms in total. The molecule has 0 aromatic heterocycles. The lowest BCUT2D eigenvalue weighted by molar-refractivity contribution is -0.150. The van der Waals surface area contributed by atoms with Crippen molar-refractivity contribution in [3.63, 3.8) is 0 Å². The molecule has 3 heterocycles. The standard InChI is InChI=1S/C52H50BrN3O7Si/c1-34-49(64(3,4)40-25-23-39(61-2)24-26-40)47(31-48(58)54(28-29-57)32-35-12-6-5-7-13-35)63-52(34)42-30-37(53)20-27-43(42)55(51(52)60)33-36-18-21-38(22-19-36)56-44-15-9-11-17-46(44)62-45-16-10-8-14-41(45)50(56)59/h5-27,30,34,47,49,57H,28-29,31-33H2,1-4H3/t34-,47+,49-,52+/m1/s1. The first-order chi connectivity index (χ1) is 30.9. The molecule has 1 N–H and O–H groups in total. The summed E-state index contributed by atoms with van der Waals surface area (Å²) >= 11 is 3.71. The number of methoxy groups -OCH3 is 1. The highest BCUT2D eigenvalue weighted by Gasteiger charge is 2.66.